The van der Waals surface area contributed by atoms with Gasteiger partial charge in [-0.1, -0.05) is 38.0 Å². The molecule has 0 amide bonds. The Morgan fingerprint density at radius 3 is 2.94 bits per heavy atom. The number of methoxy groups -OCH3 is 1. The highest BCUT2D eigenvalue weighted by Crippen LogP contribution is 2.34. The van der Waals surface area contributed by atoms with Crippen LogP contribution in [0.2, 0.25) is 0 Å². The smallest absolute Gasteiger partial charge is 0.122 e. The molecule has 1 aromatic rings. The monoisotopic (exact) mass is 247 g/mol. The summed E-state index contributed by atoms with van der Waals surface area (Å²) in [6, 6.07) is 9.18. The third kappa shape index (κ3) is 3.26. The molecule has 2 rings (SSSR count). The van der Waals surface area contributed by atoms with Crippen LogP contribution in [-0.2, 0) is 0 Å². The molecule has 2 atom stereocenters. The number of nitrogens with one attached hydrogen (secondary N) is 1. The van der Waals surface area contributed by atoms with Gasteiger partial charge in [0.05, 0.1) is 7.11 Å². The average Bonchev–Trinajstić information content (AvgIpc) is 2.45. The number of hydrogen-bond acceptors (Lipinski definition) is 2. The Morgan fingerprint density at radius 1 is 1.33 bits per heavy atom. The van der Waals surface area contributed by atoms with E-state index in [1.54, 1.807) is 7.11 Å². The molecule has 2 unspecified atom stereocenters. The number of piperidine rings is 1. The Kier molecular flexibility index (Phi) is 5.06. The minimum Gasteiger partial charge on any atom is -0.496 e. The minimum absolute atomic E-state index is 0.657. The van der Waals surface area contributed by atoms with Crippen LogP contribution in [0.3, 0.4) is 0 Å². The standard InChI is InChI=1S/C16H25NO/c1-3-4-7-14-12-13(10-11-17-14)15-8-5-6-9-16(15)18-2/h5-6,8-9,13-14,17H,3-4,7,10-12H2,1-2H3. The molecule has 1 aromatic carbocycles. The van der Waals surface area contributed by atoms with Crippen LogP contribution in [0.5, 0.6) is 5.75 Å². The van der Waals surface area contributed by atoms with Gasteiger partial charge in [0, 0.05) is 6.04 Å². The van der Waals surface area contributed by atoms with E-state index in [1.165, 1.54) is 37.7 Å². The van der Waals surface area contributed by atoms with Crippen molar-refractivity contribution >= 4 is 0 Å². The first kappa shape index (κ1) is 13.4. The number of ether oxygens (including phenoxy) is 1. The molecule has 0 spiro atoms. The maximum absolute atomic E-state index is 5.49. The maximum atomic E-state index is 5.49. The highest BCUT2D eigenvalue weighted by molar-refractivity contribution is 5.36. The lowest BCUT2D eigenvalue weighted by atomic mass is 9.84. The zero-order chi connectivity index (χ0) is 12.8. The van der Waals surface area contributed by atoms with Crippen LogP contribution in [0.25, 0.3) is 0 Å². The third-order valence-electron chi connectivity index (χ3n) is 3.98. The van der Waals surface area contributed by atoms with Crippen LogP contribution in [0.4, 0.5) is 0 Å². The molecule has 1 aliphatic rings. The molecule has 1 fully saturated rings. The lowest BCUT2D eigenvalue weighted by Gasteiger charge is -2.31. The van der Waals surface area contributed by atoms with Crippen molar-refractivity contribution in [3.63, 3.8) is 0 Å². The predicted octanol–water partition coefficient (Wildman–Crippen LogP) is 3.72. The molecule has 100 valence electrons. The zero-order valence-electron chi connectivity index (χ0n) is 11.6. The summed E-state index contributed by atoms with van der Waals surface area (Å²) in [4.78, 5) is 0. The summed E-state index contributed by atoms with van der Waals surface area (Å²) < 4.78 is 5.49. The second-order valence-electron chi connectivity index (χ2n) is 5.26. The molecule has 1 aliphatic heterocycles. The molecular formula is C16H25NO. The van der Waals surface area contributed by atoms with Gasteiger partial charge in [0.1, 0.15) is 5.75 Å². The molecule has 2 heteroatoms. The van der Waals surface area contributed by atoms with E-state index < -0.39 is 0 Å². The van der Waals surface area contributed by atoms with E-state index in [9.17, 15) is 0 Å². The molecule has 0 aromatic heterocycles. The van der Waals surface area contributed by atoms with E-state index in [-0.39, 0.29) is 0 Å². The molecule has 1 heterocycles. The molecule has 1 N–H and O–H groups in total. The fourth-order valence-electron chi connectivity index (χ4n) is 2.96. The fraction of sp³-hybridized carbons (Fsp3) is 0.625. The summed E-state index contributed by atoms with van der Waals surface area (Å²) in [6.07, 6.45) is 6.40. The first-order chi connectivity index (χ1) is 8.85. The van der Waals surface area contributed by atoms with Crippen molar-refractivity contribution in [3.05, 3.63) is 29.8 Å². The SMILES string of the molecule is CCCCC1CC(c2ccccc2OC)CCN1. The highest BCUT2D eigenvalue weighted by Gasteiger charge is 2.24. The number of rotatable bonds is 5. The van der Waals surface area contributed by atoms with Crippen LogP contribution in [0.1, 0.15) is 50.5 Å². The molecule has 0 radical (unpaired) electrons. The Morgan fingerprint density at radius 2 is 2.17 bits per heavy atom. The van der Waals surface area contributed by atoms with Gasteiger partial charge >= 0.3 is 0 Å². The number of unbranched alkanes of at least 4 members (excludes halogenated alkanes) is 1. The summed E-state index contributed by atoms with van der Waals surface area (Å²) in [5.41, 5.74) is 1.39. The predicted molar refractivity (Wildman–Crippen MR) is 76.3 cm³/mol. The summed E-state index contributed by atoms with van der Waals surface area (Å²) >= 11 is 0. The van der Waals surface area contributed by atoms with Gasteiger partial charge in [-0.3, -0.25) is 0 Å². The number of benzene rings is 1. The molecule has 0 saturated carbocycles. The lowest BCUT2D eigenvalue weighted by molar-refractivity contribution is 0.331. The van der Waals surface area contributed by atoms with Gasteiger partial charge in [-0.15, -0.1) is 0 Å². The quantitative estimate of drug-likeness (QED) is 0.856. The third-order valence-corrected chi connectivity index (χ3v) is 3.98. The minimum atomic E-state index is 0.657. The van der Waals surface area contributed by atoms with E-state index in [0.717, 1.165) is 12.3 Å². The van der Waals surface area contributed by atoms with Crippen molar-refractivity contribution in [3.8, 4) is 5.75 Å². The molecule has 0 bridgehead atoms. The lowest BCUT2D eigenvalue weighted by Crippen LogP contribution is -2.37. The van der Waals surface area contributed by atoms with Gasteiger partial charge in [-0.25, -0.2) is 0 Å². The van der Waals surface area contributed by atoms with Gasteiger partial charge in [0.15, 0.2) is 0 Å². The molecule has 18 heavy (non-hydrogen) atoms. The average molecular weight is 247 g/mol. The summed E-state index contributed by atoms with van der Waals surface area (Å²) in [5.74, 6) is 1.71. The van der Waals surface area contributed by atoms with E-state index in [1.807, 2.05) is 0 Å². The largest absolute Gasteiger partial charge is 0.496 e. The van der Waals surface area contributed by atoms with E-state index >= 15 is 0 Å². The molecular weight excluding hydrogens is 222 g/mol. The topological polar surface area (TPSA) is 21.3 Å². The first-order valence-corrected chi connectivity index (χ1v) is 7.21. The zero-order valence-corrected chi connectivity index (χ0v) is 11.6. The van der Waals surface area contributed by atoms with Gasteiger partial charge in [-0.2, -0.15) is 0 Å². The van der Waals surface area contributed by atoms with Gasteiger partial charge in [0.25, 0.3) is 0 Å². The second kappa shape index (κ2) is 6.79. The Bertz CT molecular complexity index is 364. The summed E-state index contributed by atoms with van der Waals surface area (Å²) in [5, 5.41) is 3.65. The molecule has 0 aliphatic carbocycles. The van der Waals surface area contributed by atoms with Crippen molar-refractivity contribution in [1.82, 2.24) is 5.32 Å². The Hall–Kier alpha value is -1.02. The van der Waals surface area contributed by atoms with Gasteiger partial charge in [0.2, 0.25) is 0 Å². The highest BCUT2D eigenvalue weighted by atomic mass is 16.5. The van der Waals surface area contributed by atoms with Gasteiger partial charge < -0.3 is 10.1 Å². The number of para-hydroxylation sites is 1. The fourth-order valence-corrected chi connectivity index (χ4v) is 2.96. The summed E-state index contributed by atoms with van der Waals surface area (Å²) in [6.45, 7) is 3.40. The van der Waals surface area contributed by atoms with Crippen molar-refractivity contribution in [2.45, 2.75) is 51.0 Å². The molecule has 1 saturated heterocycles. The van der Waals surface area contributed by atoms with E-state index in [2.05, 4.69) is 36.5 Å². The van der Waals surface area contributed by atoms with Gasteiger partial charge in [-0.05, 0) is 43.4 Å². The van der Waals surface area contributed by atoms with Crippen molar-refractivity contribution < 1.29 is 4.74 Å². The Balaban J connectivity index is 2.03. The normalized spacial score (nSPS) is 23.9. The van der Waals surface area contributed by atoms with Crippen LogP contribution in [0.15, 0.2) is 24.3 Å². The van der Waals surface area contributed by atoms with Crippen molar-refractivity contribution in [2.75, 3.05) is 13.7 Å². The van der Waals surface area contributed by atoms with Crippen molar-refractivity contribution in [2.24, 2.45) is 0 Å². The second-order valence-corrected chi connectivity index (χ2v) is 5.26. The maximum Gasteiger partial charge on any atom is 0.122 e. The van der Waals surface area contributed by atoms with Crippen LogP contribution >= 0.6 is 0 Å². The van der Waals surface area contributed by atoms with E-state index in [0.29, 0.717) is 12.0 Å². The number of hydrogen-bond donors (Lipinski definition) is 1. The molecule has 2 nitrogen and oxygen atoms in total. The first-order valence-electron chi connectivity index (χ1n) is 7.21. The van der Waals surface area contributed by atoms with Crippen LogP contribution in [-0.4, -0.2) is 19.7 Å². The van der Waals surface area contributed by atoms with Crippen molar-refractivity contribution in [1.29, 1.82) is 0 Å². The van der Waals surface area contributed by atoms with Crippen LogP contribution < -0.4 is 10.1 Å². The summed E-state index contributed by atoms with van der Waals surface area (Å²) in [7, 11) is 1.77. The Labute approximate surface area is 111 Å². The van der Waals surface area contributed by atoms with Crippen LogP contribution in [0, 0.1) is 0 Å². The van der Waals surface area contributed by atoms with E-state index in [4.69, 9.17) is 4.74 Å².